The summed E-state index contributed by atoms with van der Waals surface area (Å²) in [7, 11) is 0. The lowest BCUT2D eigenvalue weighted by molar-refractivity contribution is 0.112. The zero-order chi connectivity index (χ0) is 17.7. The van der Waals surface area contributed by atoms with Gasteiger partial charge in [0.1, 0.15) is 6.29 Å². The fourth-order valence-electron chi connectivity index (χ4n) is 4.02. The van der Waals surface area contributed by atoms with Crippen LogP contribution in [0.1, 0.15) is 73.1 Å². The number of rotatable bonds is 2. The second kappa shape index (κ2) is 5.58. The van der Waals surface area contributed by atoms with Gasteiger partial charge in [0.15, 0.2) is 0 Å². The molecule has 126 valence electrons. The van der Waals surface area contributed by atoms with E-state index in [0.29, 0.717) is 0 Å². The van der Waals surface area contributed by atoms with Crippen molar-refractivity contribution in [3.8, 4) is 11.1 Å². The second-order valence-electron chi connectivity index (χ2n) is 8.67. The molecule has 0 atom stereocenters. The van der Waals surface area contributed by atoms with Crippen molar-refractivity contribution < 1.29 is 4.79 Å². The first kappa shape index (κ1) is 17.0. The van der Waals surface area contributed by atoms with Crippen LogP contribution in [0.2, 0.25) is 0 Å². The van der Waals surface area contributed by atoms with E-state index in [9.17, 15) is 4.79 Å². The molecule has 1 aliphatic rings. The van der Waals surface area contributed by atoms with E-state index in [1.807, 2.05) is 18.2 Å². The Bertz CT molecular complexity index is 809. The maximum Gasteiger partial charge on any atom is 0.150 e. The van der Waals surface area contributed by atoms with Gasteiger partial charge < -0.3 is 0 Å². The van der Waals surface area contributed by atoms with Crippen molar-refractivity contribution in [1.82, 2.24) is 0 Å². The lowest BCUT2D eigenvalue weighted by atomic mass is 9.62. The van der Waals surface area contributed by atoms with E-state index >= 15 is 0 Å². The van der Waals surface area contributed by atoms with E-state index in [1.54, 1.807) is 0 Å². The van der Waals surface area contributed by atoms with E-state index in [0.717, 1.165) is 11.8 Å². The Morgan fingerprint density at radius 2 is 1.33 bits per heavy atom. The third-order valence-electron chi connectivity index (χ3n) is 5.89. The first-order valence-electron chi connectivity index (χ1n) is 8.87. The van der Waals surface area contributed by atoms with E-state index in [4.69, 9.17) is 0 Å². The van der Waals surface area contributed by atoms with Crippen LogP contribution >= 0.6 is 0 Å². The second-order valence-corrected chi connectivity index (χ2v) is 8.67. The number of fused-ring (bicyclic) bond motifs is 1. The van der Waals surface area contributed by atoms with Crippen molar-refractivity contribution in [3.05, 3.63) is 58.1 Å². The van der Waals surface area contributed by atoms with E-state index in [1.165, 1.54) is 46.2 Å². The molecule has 2 aromatic carbocycles. The van der Waals surface area contributed by atoms with Crippen molar-refractivity contribution in [2.24, 2.45) is 0 Å². The van der Waals surface area contributed by atoms with Gasteiger partial charge in [-0.15, -0.1) is 0 Å². The molecule has 0 aromatic heterocycles. The zero-order valence-corrected chi connectivity index (χ0v) is 15.8. The molecule has 1 nitrogen and oxygen atoms in total. The van der Waals surface area contributed by atoms with Crippen molar-refractivity contribution >= 4 is 6.29 Å². The molecule has 0 saturated carbocycles. The van der Waals surface area contributed by atoms with Crippen LogP contribution < -0.4 is 0 Å². The molecule has 0 saturated heterocycles. The van der Waals surface area contributed by atoms with Crippen LogP contribution in [0.5, 0.6) is 0 Å². The maximum atomic E-state index is 11.2. The van der Waals surface area contributed by atoms with Crippen LogP contribution in [-0.2, 0) is 10.8 Å². The molecule has 0 heterocycles. The molecule has 0 amide bonds. The Kier molecular flexibility index (Phi) is 3.94. The number of carbonyl (C=O) groups excluding carboxylic acids is 1. The van der Waals surface area contributed by atoms with Crippen LogP contribution in [-0.4, -0.2) is 6.29 Å². The Labute approximate surface area is 146 Å². The largest absolute Gasteiger partial charge is 0.298 e. The van der Waals surface area contributed by atoms with Crippen molar-refractivity contribution in [2.75, 3.05) is 0 Å². The van der Waals surface area contributed by atoms with Crippen molar-refractivity contribution in [1.29, 1.82) is 0 Å². The fourth-order valence-corrected chi connectivity index (χ4v) is 4.02. The van der Waals surface area contributed by atoms with Crippen LogP contribution in [0, 0.1) is 13.8 Å². The average Bonchev–Trinajstić information content (AvgIpc) is 2.52. The molecule has 0 N–H and O–H groups in total. The number of carbonyl (C=O) groups is 1. The summed E-state index contributed by atoms with van der Waals surface area (Å²) in [6.45, 7) is 13.7. The average molecular weight is 320 g/mol. The number of hydrogen-bond acceptors (Lipinski definition) is 1. The third-order valence-corrected chi connectivity index (χ3v) is 5.89. The number of aldehydes is 1. The SMILES string of the molecule is Cc1ccc(C=O)cc1-c1cc2c(cc1C)C(C)(C)CCC2(C)C. The van der Waals surface area contributed by atoms with Crippen molar-refractivity contribution in [3.63, 3.8) is 0 Å². The topological polar surface area (TPSA) is 17.1 Å². The highest BCUT2D eigenvalue weighted by atomic mass is 16.1. The Morgan fingerprint density at radius 3 is 1.92 bits per heavy atom. The summed E-state index contributed by atoms with van der Waals surface area (Å²) in [4.78, 5) is 11.2. The first-order chi connectivity index (χ1) is 11.2. The van der Waals surface area contributed by atoms with E-state index in [2.05, 4.69) is 53.7 Å². The van der Waals surface area contributed by atoms with E-state index in [-0.39, 0.29) is 10.8 Å². The zero-order valence-electron chi connectivity index (χ0n) is 15.8. The Hall–Kier alpha value is -1.89. The van der Waals surface area contributed by atoms with Crippen LogP contribution in [0.15, 0.2) is 30.3 Å². The normalized spacial score (nSPS) is 18.1. The summed E-state index contributed by atoms with van der Waals surface area (Å²) in [5.74, 6) is 0. The van der Waals surface area contributed by atoms with Crippen LogP contribution in [0.4, 0.5) is 0 Å². The highest BCUT2D eigenvalue weighted by Crippen LogP contribution is 2.47. The molecular weight excluding hydrogens is 292 g/mol. The highest BCUT2D eigenvalue weighted by molar-refractivity contribution is 5.81. The molecule has 24 heavy (non-hydrogen) atoms. The molecule has 0 aliphatic heterocycles. The Morgan fingerprint density at radius 1 is 0.792 bits per heavy atom. The van der Waals surface area contributed by atoms with Gasteiger partial charge in [-0.2, -0.15) is 0 Å². The summed E-state index contributed by atoms with van der Waals surface area (Å²) in [6, 6.07) is 10.7. The monoisotopic (exact) mass is 320 g/mol. The maximum absolute atomic E-state index is 11.2. The molecule has 1 heteroatoms. The highest BCUT2D eigenvalue weighted by Gasteiger charge is 2.37. The van der Waals surface area contributed by atoms with Crippen LogP contribution in [0.25, 0.3) is 11.1 Å². The van der Waals surface area contributed by atoms with E-state index < -0.39 is 0 Å². The number of hydrogen-bond donors (Lipinski definition) is 0. The minimum atomic E-state index is 0.198. The molecular formula is C23H28O. The Balaban J connectivity index is 2.28. The first-order valence-corrected chi connectivity index (χ1v) is 8.87. The molecule has 1 aliphatic carbocycles. The molecule has 0 spiro atoms. The molecule has 0 fully saturated rings. The molecule has 3 rings (SSSR count). The third kappa shape index (κ3) is 2.70. The minimum Gasteiger partial charge on any atom is -0.298 e. The summed E-state index contributed by atoms with van der Waals surface area (Å²) in [5.41, 5.74) is 9.09. The van der Waals surface area contributed by atoms with Gasteiger partial charge >= 0.3 is 0 Å². The van der Waals surface area contributed by atoms with Gasteiger partial charge in [0.2, 0.25) is 0 Å². The standard InChI is InChI=1S/C23H28O/c1-15-7-8-17(14-24)12-18(15)19-13-21-20(11-16(19)2)22(3,4)9-10-23(21,5)6/h7-8,11-14H,9-10H2,1-6H3. The van der Waals surface area contributed by atoms with Gasteiger partial charge in [0.25, 0.3) is 0 Å². The predicted molar refractivity (Wildman–Crippen MR) is 102 cm³/mol. The van der Waals surface area contributed by atoms with Gasteiger partial charge in [-0.3, -0.25) is 4.79 Å². The van der Waals surface area contributed by atoms with Gasteiger partial charge in [0.05, 0.1) is 0 Å². The molecule has 0 radical (unpaired) electrons. The van der Waals surface area contributed by atoms with Gasteiger partial charge in [0, 0.05) is 5.56 Å². The lowest BCUT2D eigenvalue weighted by Crippen LogP contribution is -2.34. The van der Waals surface area contributed by atoms with Gasteiger partial charge in [-0.25, -0.2) is 0 Å². The number of benzene rings is 2. The number of aryl methyl sites for hydroxylation is 2. The quantitative estimate of drug-likeness (QED) is 0.608. The van der Waals surface area contributed by atoms with Crippen molar-refractivity contribution in [2.45, 2.75) is 65.2 Å². The fraction of sp³-hybridized carbons (Fsp3) is 0.435. The molecule has 0 bridgehead atoms. The molecule has 2 aromatic rings. The summed E-state index contributed by atoms with van der Waals surface area (Å²) < 4.78 is 0. The smallest absolute Gasteiger partial charge is 0.150 e. The van der Waals surface area contributed by atoms with Gasteiger partial charge in [-0.05, 0) is 77.0 Å². The van der Waals surface area contributed by atoms with Gasteiger partial charge in [-0.1, -0.05) is 52.0 Å². The lowest BCUT2D eigenvalue weighted by Gasteiger charge is -2.42. The summed E-state index contributed by atoms with van der Waals surface area (Å²) in [6.07, 6.45) is 3.37. The molecule has 0 unspecified atom stereocenters. The summed E-state index contributed by atoms with van der Waals surface area (Å²) >= 11 is 0. The minimum absolute atomic E-state index is 0.198. The van der Waals surface area contributed by atoms with Crippen LogP contribution in [0.3, 0.4) is 0 Å². The predicted octanol–water partition coefficient (Wildman–Crippen LogP) is 6.13. The summed E-state index contributed by atoms with van der Waals surface area (Å²) in [5, 5.41) is 0.